The third kappa shape index (κ3) is 3.86. The topological polar surface area (TPSA) is 43.2 Å². The summed E-state index contributed by atoms with van der Waals surface area (Å²) < 4.78 is 7.33. The minimum absolute atomic E-state index is 0.140. The maximum Gasteiger partial charge on any atom is 0.215 e. The molecule has 0 aliphatic rings. The smallest absolute Gasteiger partial charge is 0.215 e. The van der Waals surface area contributed by atoms with Gasteiger partial charge in [-0.25, -0.2) is 4.98 Å². The molecule has 0 bridgehead atoms. The molecule has 1 atom stereocenters. The lowest BCUT2D eigenvalue weighted by molar-refractivity contribution is 0.386. The third-order valence-corrected chi connectivity index (χ3v) is 3.59. The van der Waals surface area contributed by atoms with Crippen LogP contribution in [0.2, 0.25) is 0 Å². The van der Waals surface area contributed by atoms with Gasteiger partial charge in [0.1, 0.15) is 11.3 Å². The molecule has 2 rings (SSSR count). The van der Waals surface area contributed by atoms with Gasteiger partial charge in [0.05, 0.1) is 12.5 Å². The number of fused-ring (bicyclic) bond motifs is 1. The second-order valence-electron chi connectivity index (χ2n) is 5.44. The van der Waals surface area contributed by atoms with E-state index in [-0.39, 0.29) is 5.38 Å². The Morgan fingerprint density at radius 3 is 2.67 bits per heavy atom. The predicted molar refractivity (Wildman–Crippen MR) is 86.1 cm³/mol. The first-order chi connectivity index (χ1) is 10.0. The molecule has 0 spiro atoms. The zero-order chi connectivity index (χ0) is 15.4. The standard InChI is InChI=1S/C15H23ClN4O/c1-11(16)14-17-12-7-8-13(21-4)18-15(12)20(14)10-6-5-9-19(2)3/h7-8,11H,5-6,9-10H2,1-4H3. The summed E-state index contributed by atoms with van der Waals surface area (Å²) in [6.45, 7) is 3.89. The van der Waals surface area contributed by atoms with E-state index in [1.807, 2.05) is 19.1 Å². The van der Waals surface area contributed by atoms with Crippen LogP contribution in [-0.4, -0.2) is 47.2 Å². The Balaban J connectivity index is 2.26. The van der Waals surface area contributed by atoms with Crippen LogP contribution in [0, 0.1) is 0 Å². The zero-order valence-corrected chi connectivity index (χ0v) is 13.9. The van der Waals surface area contributed by atoms with Crippen molar-refractivity contribution < 1.29 is 4.74 Å². The molecule has 0 fully saturated rings. The maximum absolute atomic E-state index is 6.27. The number of aromatic nitrogens is 3. The Morgan fingerprint density at radius 2 is 2.05 bits per heavy atom. The number of hydrogen-bond acceptors (Lipinski definition) is 4. The van der Waals surface area contributed by atoms with Crippen LogP contribution in [0.1, 0.15) is 31.0 Å². The molecule has 0 aliphatic carbocycles. The Bertz CT molecular complexity index is 595. The number of halogens is 1. The molecule has 0 saturated carbocycles. The van der Waals surface area contributed by atoms with Crippen molar-refractivity contribution in [3.05, 3.63) is 18.0 Å². The van der Waals surface area contributed by atoms with Crippen molar-refractivity contribution in [1.29, 1.82) is 0 Å². The molecular formula is C15H23ClN4O. The fourth-order valence-corrected chi connectivity index (χ4v) is 2.50. The van der Waals surface area contributed by atoms with E-state index in [4.69, 9.17) is 16.3 Å². The summed E-state index contributed by atoms with van der Waals surface area (Å²) in [6, 6.07) is 3.76. The molecular weight excluding hydrogens is 288 g/mol. The van der Waals surface area contributed by atoms with Crippen LogP contribution in [0.15, 0.2) is 12.1 Å². The molecule has 6 heteroatoms. The van der Waals surface area contributed by atoms with Crippen molar-refractivity contribution in [1.82, 2.24) is 19.4 Å². The predicted octanol–water partition coefficient (Wildman–Crippen LogP) is 3.08. The summed E-state index contributed by atoms with van der Waals surface area (Å²) >= 11 is 6.27. The molecule has 21 heavy (non-hydrogen) atoms. The first-order valence-corrected chi connectivity index (χ1v) is 7.66. The Kier molecular flexibility index (Phi) is 5.42. The van der Waals surface area contributed by atoms with E-state index in [0.717, 1.165) is 42.9 Å². The van der Waals surface area contributed by atoms with Gasteiger partial charge in [0.2, 0.25) is 5.88 Å². The molecule has 5 nitrogen and oxygen atoms in total. The molecule has 0 aliphatic heterocycles. The molecule has 0 N–H and O–H groups in total. The van der Waals surface area contributed by atoms with Crippen LogP contribution in [0.4, 0.5) is 0 Å². The van der Waals surface area contributed by atoms with E-state index in [1.165, 1.54) is 0 Å². The van der Waals surface area contributed by atoms with E-state index in [9.17, 15) is 0 Å². The molecule has 2 heterocycles. The highest BCUT2D eigenvalue weighted by Crippen LogP contribution is 2.25. The molecule has 0 saturated heterocycles. The van der Waals surface area contributed by atoms with Gasteiger partial charge in [-0.05, 0) is 46.5 Å². The van der Waals surface area contributed by atoms with Gasteiger partial charge in [-0.2, -0.15) is 4.98 Å². The summed E-state index contributed by atoms with van der Waals surface area (Å²) in [7, 11) is 5.80. The average molecular weight is 311 g/mol. The molecule has 0 aromatic carbocycles. The number of unbranched alkanes of at least 4 members (excludes halogenated alkanes) is 1. The maximum atomic E-state index is 6.27. The van der Waals surface area contributed by atoms with Crippen molar-refractivity contribution in [2.45, 2.75) is 31.7 Å². The quantitative estimate of drug-likeness (QED) is 0.582. The number of aryl methyl sites for hydroxylation is 1. The molecule has 0 amide bonds. The number of hydrogen-bond donors (Lipinski definition) is 0. The van der Waals surface area contributed by atoms with Crippen LogP contribution >= 0.6 is 11.6 Å². The van der Waals surface area contributed by atoms with Crippen molar-refractivity contribution in [3.8, 4) is 5.88 Å². The Labute approximate surface area is 130 Å². The number of ether oxygens (including phenoxy) is 1. The highest BCUT2D eigenvalue weighted by atomic mass is 35.5. The van der Waals surface area contributed by atoms with Gasteiger partial charge in [-0.1, -0.05) is 0 Å². The van der Waals surface area contributed by atoms with Gasteiger partial charge in [-0.3, -0.25) is 0 Å². The number of methoxy groups -OCH3 is 1. The lowest BCUT2D eigenvalue weighted by atomic mass is 10.3. The van der Waals surface area contributed by atoms with E-state index in [1.54, 1.807) is 7.11 Å². The van der Waals surface area contributed by atoms with Crippen molar-refractivity contribution in [2.24, 2.45) is 0 Å². The fraction of sp³-hybridized carbons (Fsp3) is 0.600. The Morgan fingerprint density at radius 1 is 1.29 bits per heavy atom. The lowest BCUT2D eigenvalue weighted by Gasteiger charge is -2.12. The zero-order valence-electron chi connectivity index (χ0n) is 13.1. The highest BCUT2D eigenvalue weighted by molar-refractivity contribution is 6.20. The number of nitrogens with zero attached hydrogens (tertiary/aromatic N) is 4. The van der Waals surface area contributed by atoms with Crippen LogP contribution in [0.25, 0.3) is 11.2 Å². The largest absolute Gasteiger partial charge is 0.481 e. The van der Waals surface area contributed by atoms with Gasteiger partial charge >= 0.3 is 0 Å². The normalized spacial score (nSPS) is 13.0. The monoisotopic (exact) mass is 310 g/mol. The van der Waals surface area contributed by atoms with Crippen molar-refractivity contribution in [3.63, 3.8) is 0 Å². The molecule has 2 aromatic rings. The Hall–Kier alpha value is -1.33. The van der Waals surface area contributed by atoms with Gasteiger partial charge in [-0.15, -0.1) is 11.6 Å². The fourth-order valence-electron chi connectivity index (χ4n) is 2.34. The first-order valence-electron chi connectivity index (χ1n) is 7.23. The minimum atomic E-state index is -0.140. The average Bonchev–Trinajstić information content (AvgIpc) is 2.81. The number of rotatable bonds is 7. The highest BCUT2D eigenvalue weighted by Gasteiger charge is 2.16. The third-order valence-electron chi connectivity index (χ3n) is 3.40. The van der Waals surface area contributed by atoms with E-state index in [0.29, 0.717) is 5.88 Å². The van der Waals surface area contributed by atoms with E-state index < -0.39 is 0 Å². The van der Waals surface area contributed by atoms with Gasteiger partial charge in [0.25, 0.3) is 0 Å². The van der Waals surface area contributed by atoms with Crippen LogP contribution in [0.3, 0.4) is 0 Å². The van der Waals surface area contributed by atoms with Crippen LogP contribution in [-0.2, 0) is 6.54 Å². The van der Waals surface area contributed by atoms with Crippen molar-refractivity contribution in [2.75, 3.05) is 27.7 Å². The van der Waals surface area contributed by atoms with Gasteiger partial charge in [0, 0.05) is 12.6 Å². The SMILES string of the molecule is COc1ccc2nc(C(C)Cl)n(CCCCN(C)C)c2n1. The lowest BCUT2D eigenvalue weighted by Crippen LogP contribution is -2.14. The first kappa shape index (κ1) is 16.0. The van der Waals surface area contributed by atoms with E-state index >= 15 is 0 Å². The van der Waals surface area contributed by atoms with Crippen molar-refractivity contribution >= 4 is 22.8 Å². The summed E-state index contributed by atoms with van der Waals surface area (Å²) in [6.07, 6.45) is 2.20. The summed E-state index contributed by atoms with van der Waals surface area (Å²) in [4.78, 5) is 11.3. The van der Waals surface area contributed by atoms with Crippen LogP contribution in [0.5, 0.6) is 5.88 Å². The number of imidazole rings is 1. The van der Waals surface area contributed by atoms with Crippen LogP contribution < -0.4 is 4.74 Å². The second kappa shape index (κ2) is 7.09. The molecule has 1 unspecified atom stereocenters. The molecule has 116 valence electrons. The summed E-state index contributed by atoms with van der Waals surface area (Å²) in [5.41, 5.74) is 1.72. The second-order valence-corrected chi connectivity index (χ2v) is 6.10. The van der Waals surface area contributed by atoms with Gasteiger partial charge < -0.3 is 14.2 Å². The summed E-state index contributed by atoms with van der Waals surface area (Å²) in [5.74, 6) is 1.47. The van der Waals surface area contributed by atoms with Gasteiger partial charge in [0.15, 0.2) is 5.65 Å². The minimum Gasteiger partial charge on any atom is -0.481 e. The number of alkyl halides is 1. The number of pyridine rings is 1. The molecule has 2 aromatic heterocycles. The summed E-state index contributed by atoms with van der Waals surface area (Å²) in [5, 5.41) is -0.140. The van der Waals surface area contributed by atoms with E-state index in [2.05, 4.69) is 33.5 Å². The molecule has 0 radical (unpaired) electrons.